The summed E-state index contributed by atoms with van der Waals surface area (Å²) in [5.74, 6) is -0.126. The van der Waals surface area contributed by atoms with Crippen LogP contribution in [0, 0.1) is 0 Å². The second kappa shape index (κ2) is 12.7. The van der Waals surface area contributed by atoms with Crippen molar-refractivity contribution in [3.05, 3.63) is 0 Å². The molecule has 0 aromatic carbocycles. The van der Waals surface area contributed by atoms with Crippen molar-refractivity contribution < 1.29 is 9.63 Å². The van der Waals surface area contributed by atoms with E-state index in [-0.39, 0.29) is 5.97 Å². The highest BCUT2D eigenvalue weighted by molar-refractivity contribution is 5.70. The quantitative estimate of drug-likeness (QED) is 0.470. The average molecular weight is 296 g/mol. The van der Waals surface area contributed by atoms with Gasteiger partial charge in [0, 0.05) is 6.42 Å². The normalized spacial score (nSPS) is 13.9. The molecule has 0 N–H and O–H groups in total. The zero-order chi connectivity index (χ0) is 15.2. The molecule has 1 aliphatic heterocycles. The molecule has 0 aromatic heterocycles. The molecule has 0 aromatic rings. The molecule has 1 heterocycles. The Morgan fingerprint density at radius 2 is 1.57 bits per heavy atom. The Kier molecular flexibility index (Phi) is 10.8. The Labute approximate surface area is 129 Å². The van der Waals surface area contributed by atoms with Gasteiger partial charge < -0.3 is 4.84 Å². The Balaban J connectivity index is 1.77. The maximum atomic E-state index is 11.5. The number of hydrogen-bond acceptors (Lipinski definition) is 4. The van der Waals surface area contributed by atoms with E-state index in [4.69, 9.17) is 4.84 Å². The number of unbranched alkanes of at least 4 members (excludes halogenated alkanes) is 10. The van der Waals surface area contributed by atoms with Crippen LogP contribution in [0.15, 0.2) is 4.99 Å². The maximum Gasteiger partial charge on any atom is 0.332 e. The van der Waals surface area contributed by atoms with Crippen LogP contribution in [-0.2, 0) is 9.63 Å². The molecule has 0 bridgehead atoms. The molecule has 0 atom stereocenters. The zero-order valence-corrected chi connectivity index (χ0v) is 13.7. The van der Waals surface area contributed by atoms with Crippen LogP contribution in [-0.4, -0.2) is 30.5 Å². The minimum atomic E-state index is -0.126. The Bertz CT molecular complexity index is 293. The maximum absolute atomic E-state index is 11.5. The monoisotopic (exact) mass is 296 g/mol. The van der Waals surface area contributed by atoms with Gasteiger partial charge in [0.1, 0.15) is 6.34 Å². The van der Waals surface area contributed by atoms with E-state index >= 15 is 0 Å². The van der Waals surface area contributed by atoms with Gasteiger partial charge in [-0.05, 0) is 6.42 Å². The van der Waals surface area contributed by atoms with Crippen LogP contribution in [0.25, 0.3) is 0 Å². The van der Waals surface area contributed by atoms with Crippen molar-refractivity contribution in [1.82, 2.24) is 5.06 Å². The molecular weight excluding hydrogens is 264 g/mol. The van der Waals surface area contributed by atoms with E-state index < -0.39 is 0 Å². The lowest BCUT2D eigenvalue weighted by Crippen LogP contribution is -2.24. The molecule has 1 aliphatic rings. The topological polar surface area (TPSA) is 41.9 Å². The van der Waals surface area contributed by atoms with Crippen molar-refractivity contribution in [3.8, 4) is 0 Å². The van der Waals surface area contributed by atoms with E-state index in [1.807, 2.05) is 0 Å². The van der Waals surface area contributed by atoms with Gasteiger partial charge in [0.05, 0.1) is 13.1 Å². The highest BCUT2D eigenvalue weighted by atomic mass is 16.7. The molecule has 0 spiro atoms. The van der Waals surface area contributed by atoms with Gasteiger partial charge in [-0.2, -0.15) is 5.06 Å². The first kappa shape index (κ1) is 18.0. The second-order valence-electron chi connectivity index (χ2n) is 5.91. The van der Waals surface area contributed by atoms with Crippen LogP contribution >= 0.6 is 0 Å². The summed E-state index contributed by atoms with van der Waals surface area (Å²) in [6.45, 7) is 3.68. The third kappa shape index (κ3) is 10.3. The van der Waals surface area contributed by atoms with Gasteiger partial charge in [-0.15, -0.1) is 0 Å². The summed E-state index contributed by atoms with van der Waals surface area (Å²) >= 11 is 0. The molecular formula is C17H32N2O2. The molecule has 0 amide bonds. The summed E-state index contributed by atoms with van der Waals surface area (Å²) in [6.07, 6.45) is 16.4. The van der Waals surface area contributed by atoms with Crippen LogP contribution in [0.5, 0.6) is 0 Å². The van der Waals surface area contributed by atoms with E-state index in [1.165, 1.54) is 62.9 Å². The molecule has 0 saturated carbocycles. The summed E-state index contributed by atoms with van der Waals surface area (Å²) < 4.78 is 0. The summed E-state index contributed by atoms with van der Waals surface area (Å²) in [5.41, 5.74) is 0. The van der Waals surface area contributed by atoms with Crippen LogP contribution < -0.4 is 0 Å². The lowest BCUT2D eigenvalue weighted by atomic mass is 10.1. The average Bonchev–Trinajstić information content (AvgIpc) is 2.97. The number of aliphatic imine (C=N–C) groups is 1. The van der Waals surface area contributed by atoms with Crippen LogP contribution in [0.4, 0.5) is 0 Å². The highest BCUT2D eigenvalue weighted by Crippen LogP contribution is 2.12. The van der Waals surface area contributed by atoms with Crippen LogP contribution in [0.3, 0.4) is 0 Å². The third-order valence-corrected chi connectivity index (χ3v) is 3.86. The fraction of sp³-hybridized carbons (Fsp3) is 0.882. The number of rotatable bonds is 13. The number of nitrogens with zero attached hydrogens (tertiary/aromatic N) is 2. The van der Waals surface area contributed by atoms with Crippen molar-refractivity contribution in [2.45, 2.75) is 84.0 Å². The Morgan fingerprint density at radius 1 is 1.00 bits per heavy atom. The van der Waals surface area contributed by atoms with Gasteiger partial charge in [0.2, 0.25) is 0 Å². The summed E-state index contributed by atoms with van der Waals surface area (Å²) in [5, 5.41) is 1.53. The number of hydrogen-bond donors (Lipinski definition) is 0. The molecule has 0 unspecified atom stereocenters. The van der Waals surface area contributed by atoms with Crippen molar-refractivity contribution >= 4 is 12.3 Å². The van der Waals surface area contributed by atoms with Gasteiger partial charge in [-0.3, -0.25) is 4.99 Å². The third-order valence-electron chi connectivity index (χ3n) is 3.86. The number of hydroxylamine groups is 2. The molecule has 0 radical (unpaired) electrons. The molecule has 0 aliphatic carbocycles. The van der Waals surface area contributed by atoms with Crippen molar-refractivity contribution in [2.75, 3.05) is 13.1 Å². The molecule has 4 heteroatoms. The van der Waals surface area contributed by atoms with Gasteiger partial charge >= 0.3 is 5.97 Å². The van der Waals surface area contributed by atoms with E-state index in [0.29, 0.717) is 13.0 Å². The van der Waals surface area contributed by atoms with Crippen molar-refractivity contribution in [2.24, 2.45) is 4.99 Å². The first-order valence-corrected chi connectivity index (χ1v) is 8.80. The lowest BCUT2D eigenvalue weighted by molar-refractivity contribution is -0.170. The zero-order valence-electron chi connectivity index (χ0n) is 13.7. The van der Waals surface area contributed by atoms with Crippen LogP contribution in [0.2, 0.25) is 0 Å². The largest absolute Gasteiger partial charge is 0.340 e. The van der Waals surface area contributed by atoms with E-state index in [9.17, 15) is 4.79 Å². The molecule has 0 fully saturated rings. The minimum Gasteiger partial charge on any atom is -0.340 e. The first-order chi connectivity index (χ1) is 10.3. The first-order valence-electron chi connectivity index (χ1n) is 8.80. The second-order valence-corrected chi connectivity index (χ2v) is 5.91. The van der Waals surface area contributed by atoms with Gasteiger partial charge in [-0.25, -0.2) is 4.79 Å². The minimum absolute atomic E-state index is 0.126. The predicted octanol–water partition coefficient (Wildman–Crippen LogP) is 4.49. The Morgan fingerprint density at radius 3 is 2.10 bits per heavy atom. The fourth-order valence-electron chi connectivity index (χ4n) is 2.54. The Hall–Kier alpha value is -1.06. The van der Waals surface area contributed by atoms with E-state index in [2.05, 4.69) is 11.9 Å². The van der Waals surface area contributed by atoms with Gasteiger partial charge in [0.15, 0.2) is 0 Å². The number of carbonyl (C=O) groups excluding carboxylic acids is 1. The summed E-state index contributed by atoms with van der Waals surface area (Å²) in [6, 6.07) is 0. The molecule has 21 heavy (non-hydrogen) atoms. The summed E-state index contributed by atoms with van der Waals surface area (Å²) in [7, 11) is 0. The number of carbonyl (C=O) groups is 1. The van der Waals surface area contributed by atoms with E-state index in [0.717, 1.165) is 19.4 Å². The predicted molar refractivity (Wildman–Crippen MR) is 87.2 cm³/mol. The highest BCUT2D eigenvalue weighted by Gasteiger charge is 2.11. The van der Waals surface area contributed by atoms with Crippen molar-refractivity contribution in [1.29, 1.82) is 0 Å². The van der Waals surface area contributed by atoms with Gasteiger partial charge in [0.25, 0.3) is 0 Å². The molecule has 4 nitrogen and oxygen atoms in total. The van der Waals surface area contributed by atoms with E-state index in [1.54, 1.807) is 6.34 Å². The molecule has 1 rings (SSSR count). The lowest BCUT2D eigenvalue weighted by Gasteiger charge is -2.12. The molecule has 0 saturated heterocycles. The summed E-state index contributed by atoms with van der Waals surface area (Å²) in [4.78, 5) is 20.7. The standard InChI is InChI=1S/C17H32N2O2/c1-2-3-4-5-6-7-8-9-10-11-12-13-17(20)21-19-15-14-18-16-19/h16H,2-15H2,1H3. The smallest absolute Gasteiger partial charge is 0.332 e. The van der Waals surface area contributed by atoms with Gasteiger partial charge in [-0.1, -0.05) is 71.1 Å². The molecule has 122 valence electrons. The SMILES string of the molecule is CCCCCCCCCCCCCC(=O)ON1C=NCC1. The van der Waals surface area contributed by atoms with Crippen molar-refractivity contribution in [3.63, 3.8) is 0 Å². The fourth-order valence-corrected chi connectivity index (χ4v) is 2.54. The van der Waals surface area contributed by atoms with Crippen LogP contribution in [0.1, 0.15) is 84.0 Å².